The lowest BCUT2D eigenvalue weighted by molar-refractivity contribution is -0.255. The molecule has 22 heavy (non-hydrogen) atoms. The van der Waals surface area contributed by atoms with Crippen molar-refractivity contribution in [3.8, 4) is 0 Å². The molecular weight excluding hydrogens is 336 g/mol. The van der Waals surface area contributed by atoms with Crippen molar-refractivity contribution >= 4 is 32.7 Å². The van der Waals surface area contributed by atoms with Crippen molar-refractivity contribution in [2.24, 2.45) is 0 Å². The fourth-order valence-electron chi connectivity index (χ4n) is 1.54. The van der Waals surface area contributed by atoms with Crippen LogP contribution in [0.25, 0.3) is 10.2 Å². The first-order chi connectivity index (χ1) is 10.1. The highest BCUT2D eigenvalue weighted by molar-refractivity contribution is 7.22. The zero-order chi connectivity index (χ0) is 16.5. The highest BCUT2D eigenvalue weighted by Crippen LogP contribution is 2.33. The maximum Gasteiger partial charge on any atom is 0.417 e. The molecule has 2 amide bonds. The van der Waals surface area contributed by atoms with Crippen LogP contribution in [0.3, 0.4) is 0 Å². The maximum atomic E-state index is 12.3. The van der Waals surface area contributed by atoms with Crippen molar-refractivity contribution in [3.63, 3.8) is 0 Å². The Labute approximate surface area is 123 Å². The van der Waals surface area contributed by atoms with Crippen molar-refractivity contribution in [2.75, 3.05) is 5.32 Å². The first kappa shape index (κ1) is 16.3. The predicted octanol–water partition coefficient (Wildman–Crippen LogP) is 3.91. The Hall–Kier alpha value is -2.04. The van der Waals surface area contributed by atoms with Crippen LogP contribution in [-0.2, 0) is 0 Å². The number of aromatic nitrogens is 1. The molecule has 1 aromatic carbocycles. The van der Waals surface area contributed by atoms with Crippen LogP contribution in [0.1, 0.15) is 0 Å². The molecule has 2 N–H and O–H groups in total. The summed E-state index contributed by atoms with van der Waals surface area (Å²) in [6.45, 7) is 0. The van der Waals surface area contributed by atoms with E-state index in [0.717, 1.165) is 16.7 Å². The summed E-state index contributed by atoms with van der Waals surface area (Å²) in [5, 5.41) is 2.61. The lowest BCUT2D eigenvalue weighted by atomic mass is 10.3. The molecular formula is C11H7F6N3OS. The number of nitrogens with one attached hydrogen (secondary N) is 2. The number of hydrogen-bond donors (Lipinski definition) is 2. The molecule has 0 fully saturated rings. The van der Waals surface area contributed by atoms with E-state index in [2.05, 4.69) is 4.98 Å². The molecule has 120 valence electrons. The van der Waals surface area contributed by atoms with Gasteiger partial charge in [-0.1, -0.05) is 23.5 Å². The number of rotatable bonds is 2. The standard InChI is InChI=1S/C11H7F6N3OS/c12-10(13,14)7(11(15,16)17)19-8(21)20-9-18-5-3-1-2-4-6(5)22-9/h1-4,7H,(H2,18,19,20,21). The zero-order valence-electron chi connectivity index (χ0n) is 10.4. The molecule has 0 aliphatic heterocycles. The smallest absolute Gasteiger partial charge is 0.318 e. The Bertz CT molecular complexity index is 633. The number of carbonyl (C=O) groups is 1. The normalized spacial score (nSPS) is 12.7. The van der Waals surface area contributed by atoms with Crippen molar-refractivity contribution < 1.29 is 31.1 Å². The fourth-order valence-corrected chi connectivity index (χ4v) is 2.40. The molecule has 1 heterocycles. The number of hydrogen-bond acceptors (Lipinski definition) is 3. The van der Waals surface area contributed by atoms with E-state index in [1.54, 1.807) is 24.3 Å². The Morgan fingerprint density at radius 3 is 2.23 bits per heavy atom. The number of thiazole rings is 1. The van der Waals surface area contributed by atoms with Crippen LogP contribution in [0.2, 0.25) is 0 Å². The van der Waals surface area contributed by atoms with Crippen LogP contribution in [0.5, 0.6) is 0 Å². The van der Waals surface area contributed by atoms with E-state index >= 15 is 0 Å². The molecule has 2 rings (SSSR count). The molecule has 2 aromatic rings. The van der Waals surface area contributed by atoms with Gasteiger partial charge in [0.05, 0.1) is 10.2 Å². The van der Waals surface area contributed by atoms with Crippen molar-refractivity contribution in [2.45, 2.75) is 18.4 Å². The van der Waals surface area contributed by atoms with Gasteiger partial charge in [-0.2, -0.15) is 26.3 Å². The Balaban J connectivity index is 2.11. The number of carbonyl (C=O) groups excluding carboxylic acids is 1. The summed E-state index contributed by atoms with van der Waals surface area (Å²) in [4.78, 5) is 15.2. The van der Waals surface area contributed by atoms with Gasteiger partial charge >= 0.3 is 18.4 Å². The summed E-state index contributed by atoms with van der Waals surface area (Å²) >= 11 is 0.922. The number of fused-ring (bicyclic) bond motifs is 1. The molecule has 11 heteroatoms. The van der Waals surface area contributed by atoms with Gasteiger partial charge in [0.1, 0.15) is 0 Å². The van der Waals surface area contributed by atoms with Crippen molar-refractivity contribution in [1.82, 2.24) is 10.3 Å². The monoisotopic (exact) mass is 343 g/mol. The minimum absolute atomic E-state index is 0.109. The van der Waals surface area contributed by atoms with Gasteiger partial charge < -0.3 is 5.32 Å². The average molecular weight is 343 g/mol. The van der Waals surface area contributed by atoms with Crippen LogP contribution in [0, 0.1) is 0 Å². The third-order valence-corrected chi connectivity index (χ3v) is 3.40. The third-order valence-electron chi connectivity index (χ3n) is 2.44. The van der Waals surface area contributed by atoms with Crippen LogP contribution in [-0.4, -0.2) is 29.4 Å². The fraction of sp³-hybridized carbons (Fsp3) is 0.273. The van der Waals surface area contributed by atoms with Gasteiger partial charge in [-0.05, 0) is 12.1 Å². The quantitative estimate of drug-likeness (QED) is 0.813. The molecule has 0 aliphatic rings. The van der Waals surface area contributed by atoms with E-state index in [1.807, 2.05) is 5.32 Å². The van der Waals surface area contributed by atoms with Gasteiger partial charge in [0, 0.05) is 0 Å². The number of amides is 2. The Morgan fingerprint density at radius 1 is 1.09 bits per heavy atom. The summed E-state index contributed by atoms with van der Waals surface area (Å²) in [7, 11) is 0. The van der Waals surface area contributed by atoms with Gasteiger partial charge in [-0.25, -0.2) is 9.78 Å². The highest BCUT2D eigenvalue weighted by atomic mass is 32.1. The van der Waals surface area contributed by atoms with Gasteiger partial charge in [0.15, 0.2) is 5.13 Å². The van der Waals surface area contributed by atoms with E-state index in [-0.39, 0.29) is 5.13 Å². The summed E-state index contributed by atoms with van der Waals surface area (Å²) in [6.07, 6.45) is -11.3. The SMILES string of the molecule is O=C(Nc1nc2ccccc2s1)NC(C(F)(F)F)C(F)(F)F. The van der Waals surface area contributed by atoms with Crippen LogP contribution in [0.4, 0.5) is 36.3 Å². The summed E-state index contributed by atoms with van der Waals surface area (Å²) in [5.74, 6) is 0. The summed E-state index contributed by atoms with van der Waals surface area (Å²) < 4.78 is 74.5. The molecule has 0 atom stereocenters. The second kappa shape index (κ2) is 5.63. The topological polar surface area (TPSA) is 54.0 Å². The van der Waals surface area contributed by atoms with E-state index < -0.39 is 24.4 Å². The molecule has 0 aliphatic carbocycles. The Morgan fingerprint density at radius 2 is 1.68 bits per heavy atom. The van der Waals surface area contributed by atoms with Crippen LogP contribution >= 0.6 is 11.3 Å². The van der Waals surface area contributed by atoms with Crippen LogP contribution in [0.15, 0.2) is 24.3 Å². The number of anilines is 1. The maximum absolute atomic E-state index is 12.3. The number of benzene rings is 1. The molecule has 0 unspecified atom stereocenters. The lowest BCUT2D eigenvalue weighted by Gasteiger charge is -2.23. The zero-order valence-corrected chi connectivity index (χ0v) is 11.2. The van der Waals surface area contributed by atoms with Crippen molar-refractivity contribution in [1.29, 1.82) is 0 Å². The predicted molar refractivity (Wildman–Crippen MR) is 67.7 cm³/mol. The third kappa shape index (κ3) is 3.78. The number of alkyl halides is 6. The number of nitrogens with zero attached hydrogens (tertiary/aromatic N) is 1. The van der Waals surface area contributed by atoms with Crippen LogP contribution < -0.4 is 10.6 Å². The minimum atomic E-state index is -5.65. The van der Waals surface area contributed by atoms with Gasteiger partial charge in [0.2, 0.25) is 6.04 Å². The van der Waals surface area contributed by atoms with Crippen molar-refractivity contribution in [3.05, 3.63) is 24.3 Å². The largest absolute Gasteiger partial charge is 0.417 e. The lowest BCUT2D eigenvalue weighted by Crippen LogP contribution is -2.55. The second-order valence-corrected chi connectivity index (χ2v) is 5.13. The Kier molecular flexibility index (Phi) is 4.18. The minimum Gasteiger partial charge on any atom is -0.318 e. The molecule has 0 spiro atoms. The second-order valence-electron chi connectivity index (χ2n) is 4.10. The summed E-state index contributed by atoms with van der Waals surface area (Å²) in [5.41, 5.74) is 0.464. The molecule has 0 radical (unpaired) electrons. The molecule has 0 saturated carbocycles. The van der Waals surface area contributed by atoms with E-state index in [9.17, 15) is 31.1 Å². The molecule has 0 saturated heterocycles. The first-order valence-corrected chi connectivity index (χ1v) is 6.45. The van der Waals surface area contributed by atoms with Gasteiger partial charge in [-0.3, -0.25) is 5.32 Å². The van der Waals surface area contributed by atoms with E-state index in [0.29, 0.717) is 10.2 Å². The summed E-state index contributed by atoms with van der Waals surface area (Å²) in [6, 6.07) is 0.962. The molecule has 0 bridgehead atoms. The number of urea groups is 1. The number of halogens is 6. The van der Waals surface area contributed by atoms with Gasteiger partial charge in [0.25, 0.3) is 0 Å². The van der Waals surface area contributed by atoms with Gasteiger partial charge in [-0.15, -0.1) is 0 Å². The first-order valence-electron chi connectivity index (χ1n) is 5.64. The number of para-hydroxylation sites is 1. The average Bonchev–Trinajstić information content (AvgIpc) is 2.75. The van der Waals surface area contributed by atoms with E-state index in [4.69, 9.17) is 0 Å². The molecule has 1 aromatic heterocycles. The molecule has 4 nitrogen and oxygen atoms in total. The highest BCUT2D eigenvalue weighted by Gasteiger charge is 2.57. The van der Waals surface area contributed by atoms with E-state index in [1.165, 1.54) is 0 Å².